The maximum absolute atomic E-state index is 12.2. The maximum atomic E-state index is 12.2. The Labute approximate surface area is 155 Å². The number of benzene rings is 2. The maximum Gasteiger partial charge on any atom is 0.407 e. The predicted octanol–water partition coefficient (Wildman–Crippen LogP) is 4.32. The Hall–Kier alpha value is -2.33. The molecule has 1 aliphatic rings. The Bertz CT molecular complexity index is 713. The van der Waals surface area contributed by atoms with Crippen molar-refractivity contribution in [1.82, 2.24) is 5.32 Å². The molecule has 2 unspecified atom stereocenters. The minimum absolute atomic E-state index is 0.0512. The average molecular weight is 353 g/mol. The Balaban J connectivity index is 1.65. The fourth-order valence-corrected chi connectivity index (χ4v) is 3.64. The van der Waals surface area contributed by atoms with Gasteiger partial charge in [0.25, 0.3) is 0 Å². The molecule has 0 aromatic heterocycles. The van der Waals surface area contributed by atoms with E-state index in [9.17, 15) is 9.90 Å². The summed E-state index contributed by atoms with van der Waals surface area (Å²) in [5.41, 5.74) is 4.81. The number of carbonyl (C=O) groups excluding carboxylic acids is 1. The van der Waals surface area contributed by atoms with Crippen molar-refractivity contribution >= 4 is 6.09 Å². The van der Waals surface area contributed by atoms with Crippen molar-refractivity contribution in [1.29, 1.82) is 0 Å². The van der Waals surface area contributed by atoms with Crippen LogP contribution >= 0.6 is 0 Å². The molecule has 0 saturated carbocycles. The van der Waals surface area contributed by atoms with E-state index in [-0.39, 0.29) is 18.6 Å². The van der Waals surface area contributed by atoms with Gasteiger partial charge in [0.2, 0.25) is 0 Å². The molecule has 2 atom stereocenters. The molecule has 0 radical (unpaired) electrons. The van der Waals surface area contributed by atoms with E-state index < -0.39 is 6.09 Å². The van der Waals surface area contributed by atoms with E-state index in [0.717, 1.165) is 12.8 Å². The summed E-state index contributed by atoms with van der Waals surface area (Å²) in [6.45, 7) is 4.43. The molecule has 2 aromatic carbocycles. The van der Waals surface area contributed by atoms with E-state index in [1.807, 2.05) is 24.3 Å². The molecule has 4 heteroatoms. The summed E-state index contributed by atoms with van der Waals surface area (Å²) in [6, 6.07) is 16.3. The Morgan fingerprint density at radius 3 is 2.23 bits per heavy atom. The summed E-state index contributed by atoms with van der Waals surface area (Å²) in [6.07, 6.45) is 1.30. The highest BCUT2D eigenvalue weighted by atomic mass is 16.5. The van der Waals surface area contributed by atoms with Gasteiger partial charge in [-0.25, -0.2) is 4.79 Å². The van der Waals surface area contributed by atoms with E-state index in [4.69, 9.17) is 4.74 Å². The molecule has 3 rings (SSSR count). The lowest BCUT2D eigenvalue weighted by Crippen LogP contribution is -2.39. The minimum atomic E-state index is -0.464. The molecule has 0 fully saturated rings. The van der Waals surface area contributed by atoms with Gasteiger partial charge in [0.1, 0.15) is 6.61 Å². The molecule has 0 aliphatic heterocycles. The van der Waals surface area contributed by atoms with Gasteiger partial charge < -0.3 is 15.2 Å². The smallest absolute Gasteiger partial charge is 0.407 e. The number of aliphatic hydroxyl groups is 1. The van der Waals surface area contributed by atoms with Gasteiger partial charge in [-0.15, -0.1) is 0 Å². The first-order chi connectivity index (χ1) is 12.6. The summed E-state index contributed by atoms with van der Waals surface area (Å²) in [7, 11) is 0. The lowest BCUT2D eigenvalue weighted by atomic mass is 9.98. The van der Waals surface area contributed by atoms with Crippen molar-refractivity contribution in [2.75, 3.05) is 13.2 Å². The number of hydrogen-bond donors (Lipinski definition) is 2. The lowest BCUT2D eigenvalue weighted by molar-refractivity contribution is 0.129. The molecule has 0 heterocycles. The van der Waals surface area contributed by atoms with Crippen LogP contribution in [0, 0.1) is 5.92 Å². The first-order valence-electron chi connectivity index (χ1n) is 9.36. The molecule has 2 N–H and O–H groups in total. The Kier molecular flexibility index (Phi) is 5.94. The fourth-order valence-electron chi connectivity index (χ4n) is 3.64. The van der Waals surface area contributed by atoms with Crippen LogP contribution in [0.15, 0.2) is 48.5 Å². The van der Waals surface area contributed by atoms with E-state index in [0.29, 0.717) is 12.5 Å². The zero-order valence-corrected chi connectivity index (χ0v) is 15.4. The lowest BCUT2D eigenvalue weighted by Gasteiger charge is -2.20. The van der Waals surface area contributed by atoms with Crippen LogP contribution in [0.5, 0.6) is 0 Å². The minimum Gasteiger partial charge on any atom is -0.449 e. The molecule has 138 valence electrons. The quantitative estimate of drug-likeness (QED) is 0.779. The van der Waals surface area contributed by atoms with Gasteiger partial charge in [-0.2, -0.15) is 0 Å². The number of aliphatic hydroxyl groups excluding tert-OH is 1. The molecule has 1 amide bonds. The van der Waals surface area contributed by atoms with Crippen LogP contribution in [0.2, 0.25) is 0 Å². The second-order valence-electron chi connectivity index (χ2n) is 7.10. The van der Waals surface area contributed by atoms with Crippen LogP contribution in [0.3, 0.4) is 0 Å². The third kappa shape index (κ3) is 3.91. The van der Waals surface area contributed by atoms with Crippen molar-refractivity contribution < 1.29 is 14.6 Å². The molecule has 4 nitrogen and oxygen atoms in total. The number of alkyl carbamates (subject to hydrolysis) is 1. The van der Waals surface area contributed by atoms with E-state index in [2.05, 4.69) is 43.4 Å². The first kappa shape index (κ1) is 18.5. The first-order valence-corrected chi connectivity index (χ1v) is 9.36. The van der Waals surface area contributed by atoms with Crippen molar-refractivity contribution in [3.05, 3.63) is 59.7 Å². The van der Waals surface area contributed by atoms with Gasteiger partial charge in [-0.3, -0.25) is 0 Å². The molecule has 26 heavy (non-hydrogen) atoms. The number of fused-ring (bicyclic) bond motifs is 3. The third-order valence-corrected chi connectivity index (χ3v) is 5.27. The fraction of sp³-hybridized carbons (Fsp3) is 0.409. The zero-order chi connectivity index (χ0) is 18.5. The standard InChI is InChI=1S/C22H27NO3/c1-3-15(2)12-16(13-24)23-22(25)26-14-21-19-10-6-4-8-17(19)18-9-5-7-11-20(18)21/h4-11,15-16,21,24H,3,12-14H2,1-2H3,(H,23,25). The number of amides is 1. The summed E-state index contributed by atoms with van der Waals surface area (Å²) in [4.78, 5) is 12.2. The number of ether oxygens (including phenoxy) is 1. The van der Waals surface area contributed by atoms with Crippen LogP contribution < -0.4 is 5.32 Å². The van der Waals surface area contributed by atoms with Gasteiger partial charge in [-0.05, 0) is 34.6 Å². The second kappa shape index (κ2) is 8.37. The normalized spacial score (nSPS) is 15.0. The zero-order valence-electron chi connectivity index (χ0n) is 15.4. The second-order valence-corrected chi connectivity index (χ2v) is 7.10. The van der Waals surface area contributed by atoms with Gasteiger partial charge in [0.05, 0.1) is 12.6 Å². The molecular weight excluding hydrogens is 326 g/mol. The number of carbonyl (C=O) groups is 1. The van der Waals surface area contributed by atoms with E-state index in [1.54, 1.807) is 0 Å². The van der Waals surface area contributed by atoms with E-state index in [1.165, 1.54) is 22.3 Å². The van der Waals surface area contributed by atoms with E-state index >= 15 is 0 Å². The summed E-state index contributed by atoms with van der Waals surface area (Å²) < 4.78 is 5.53. The van der Waals surface area contributed by atoms with Gasteiger partial charge in [-0.1, -0.05) is 68.8 Å². The van der Waals surface area contributed by atoms with Gasteiger partial charge in [0.15, 0.2) is 0 Å². The number of hydrogen-bond acceptors (Lipinski definition) is 3. The molecule has 0 saturated heterocycles. The van der Waals surface area contributed by atoms with Gasteiger partial charge in [0, 0.05) is 5.92 Å². The van der Waals surface area contributed by atoms with Crippen molar-refractivity contribution in [2.45, 2.75) is 38.6 Å². The van der Waals surface area contributed by atoms with Crippen molar-refractivity contribution in [3.8, 4) is 11.1 Å². The Morgan fingerprint density at radius 1 is 1.12 bits per heavy atom. The monoisotopic (exact) mass is 353 g/mol. The van der Waals surface area contributed by atoms with Crippen LogP contribution in [-0.2, 0) is 4.74 Å². The summed E-state index contributed by atoms with van der Waals surface area (Å²) >= 11 is 0. The number of nitrogens with one attached hydrogen (secondary N) is 1. The number of rotatable bonds is 7. The molecule has 1 aliphatic carbocycles. The van der Waals surface area contributed by atoms with Crippen LogP contribution in [0.25, 0.3) is 11.1 Å². The summed E-state index contributed by atoms with van der Waals surface area (Å²) in [5, 5.41) is 12.3. The summed E-state index contributed by atoms with van der Waals surface area (Å²) in [5.74, 6) is 0.497. The Morgan fingerprint density at radius 2 is 1.69 bits per heavy atom. The molecule has 0 bridgehead atoms. The predicted molar refractivity (Wildman–Crippen MR) is 103 cm³/mol. The van der Waals surface area contributed by atoms with Crippen LogP contribution in [-0.4, -0.2) is 30.5 Å². The highest BCUT2D eigenvalue weighted by molar-refractivity contribution is 5.79. The SMILES string of the molecule is CCC(C)CC(CO)NC(=O)OCC1c2ccccc2-c2ccccc21. The third-order valence-electron chi connectivity index (χ3n) is 5.27. The largest absolute Gasteiger partial charge is 0.449 e. The average Bonchev–Trinajstić information content (AvgIpc) is 2.99. The molecule has 2 aromatic rings. The van der Waals surface area contributed by atoms with Crippen LogP contribution in [0.1, 0.15) is 43.7 Å². The molecular formula is C22H27NO3. The highest BCUT2D eigenvalue weighted by Gasteiger charge is 2.29. The molecule has 0 spiro atoms. The van der Waals surface area contributed by atoms with Crippen molar-refractivity contribution in [2.24, 2.45) is 5.92 Å². The van der Waals surface area contributed by atoms with Crippen molar-refractivity contribution in [3.63, 3.8) is 0 Å². The van der Waals surface area contributed by atoms with Gasteiger partial charge >= 0.3 is 6.09 Å². The highest BCUT2D eigenvalue weighted by Crippen LogP contribution is 2.44. The van der Waals surface area contributed by atoms with Crippen LogP contribution in [0.4, 0.5) is 4.79 Å². The topological polar surface area (TPSA) is 58.6 Å².